The molecule has 4 rings (SSSR count). The summed E-state index contributed by atoms with van der Waals surface area (Å²) in [6, 6.07) is 14.7. The van der Waals surface area contributed by atoms with Crippen molar-refractivity contribution in [3.05, 3.63) is 72.8 Å². The number of carbonyl (C=O) groups excluding carboxylic acids is 1. The highest BCUT2D eigenvalue weighted by molar-refractivity contribution is 6.04. The lowest BCUT2D eigenvalue weighted by Crippen LogP contribution is -2.16. The van der Waals surface area contributed by atoms with Crippen LogP contribution < -0.4 is 10.1 Å². The first-order valence-corrected chi connectivity index (χ1v) is 9.02. The molecule has 0 bridgehead atoms. The van der Waals surface area contributed by atoms with Gasteiger partial charge in [-0.25, -0.2) is 4.98 Å². The van der Waals surface area contributed by atoms with Crippen LogP contribution in [0.2, 0.25) is 0 Å². The third-order valence-corrected chi connectivity index (χ3v) is 4.50. The van der Waals surface area contributed by atoms with E-state index in [2.05, 4.69) is 10.3 Å². The lowest BCUT2D eigenvalue weighted by Gasteiger charge is -2.12. The summed E-state index contributed by atoms with van der Waals surface area (Å²) in [6.45, 7) is 1.39. The number of nitrogens with one attached hydrogen (secondary N) is 1. The van der Waals surface area contributed by atoms with E-state index in [0.717, 1.165) is 36.6 Å². The minimum Gasteiger partial charge on any atom is -0.491 e. The van der Waals surface area contributed by atoms with Gasteiger partial charge in [-0.1, -0.05) is 0 Å². The Morgan fingerprint density at radius 2 is 2.00 bits per heavy atom. The van der Waals surface area contributed by atoms with E-state index in [9.17, 15) is 4.79 Å². The molecule has 1 aromatic heterocycles. The molecule has 2 heterocycles. The molecular weight excluding hydrogens is 342 g/mol. The zero-order valence-electron chi connectivity index (χ0n) is 14.9. The van der Waals surface area contributed by atoms with E-state index < -0.39 is 0 Å². The van der Waals surface area contributed by atoms with E-state index in [-0.39, 0.29) is 12.0 Å². The number of hydrogen-bond acceptors (Lipinski definition) is 4. The molecule has 0 aliphatic carbocycles. The van der Waals surface area contributed by atoms with Crippen LogP contribution in [0.1, 0.15) is 23.2 Å². The largest absolute Gasteiger partial charge is 0.491 e. The van der Waals surface area contributed by atoms with Crippen molar-refractivity contribution in [3.8, 4) is 11.4 Å². The quantitative estimate of drug-likeness (QED) is 0.725. The minimum absolute atomic E-state index is 0.153. The highest BCUT2D eigenvalue weighted by atomic mass is 16.5. The number of rotatable bonds is 6. The van der Waals surface area contributed by atoms with Crippen LogP contribution in [0.5, 0.6) is 5.75 Å². The van der Waals surface area contributed by atoms with Crippen LogP contribution in [0.25, 0.3) is 5.69 Å². The molecule has 3 aromatic rings. The van der Waals surface area contributed by atoms with Crippen molar-refractivity contribution in [2.45, 2.75) is 18.9 Å². The predicted molar refractivity (Wildman–Crippen MR) is 102 cm³/mol. The molecule has 1 amide bonds. The second-order valence-electron chi connectivity index (χ2n) is 6.44. The van der Waals surface area contributed by atoms with Crippen LogP contribution >= 0.6 is 0 Å². The number of nitrogens with zero attached hydrogens (tertiary/aromatic N) is 2. The molecule has 1 saturated heterocycles. The maximum atomic E-state index is 12.4. The number of anilines is 1. The van der Waals surface area contributed by atoms with Gasteiger partial charge in [0, 0.05) is 35.9 Å². The average molecular weight is 363 g/mol. The van der Waals surface area contributed by atoms with Gasteiger partial charge in [0.25, 0.3) is 5.91 Å². The summed E-state index contributed by atoms with van der Waals surface area (Å²) in [7, 11) is 0. The number of benzene rings is 2. The number of amides is 1. The van der Waals surface area contributed by atoms with Gasteiger partial charge in [-0.2, -0.15) is 0 Å². The second-order valence-corrected chi connectivity index (χ2v) is 6.44. The Morgan fingerprint density at radius 1 is 1.19 bits per heavy atom. The summed E-state index contributed by atoms with van der Waals surface area (Å²) in [4.78, 5) is 16.4. The van der Waals surface area contributed by atoms with E-state index in [0.29, 0.717) is 12.2 Å². The summed E-state index contributed by atoms with van der Waals surface area (Å²) in [5, 5.41) is 2.90. The van der Waals surface area contributed by atoms with E-state index in [1.165, 1.54) is 0 Å². The third kappa shape index (κ3) is 4.35. The minimum atomic E-state index is -0.153. The molecule has 0 saturated carbocycles. The van der Waals surface area contributed by atoms with E-state index >= 15 is 0 Å². The van der Waals surface area contributed by atoms with Gasteiger partial charge in [0.05, 0.1) is 12.4 Å². The third-order valence-electron chi connectivity index (χ3n) is 4.50. The van der Waals surface area contributed by atoms with Gasteiger partial charge in [0.2, 0.25) is 0 Å². The van der Waals surface area contributed by atoms with Gasteiger partial charge in [-0.3, -0.25) is 4.79 Å². The molecule has 6 nitrogen and oxygen atoms in total. The van der Waals surface area contributed by atoms with Crippen LogP contribution in [0.15, 0.2) is 67.3 Å². The monoisotopic (exact) mass is 363 g/mol. The van der Waals surface area contributed by atoms with E-state index in [1.54, 1.807) is 24.7 Å². The van der Waals surface area contributed by atoms with Crippen LogP contribution in [0.4, 0.5) is 5.69 Å². The second kappa shape index (κ2) is 8.05. The molecule has 1 atom stereocenters. The molecule has 6 heteroatoms. The normalized spacial score (nSPS) is 16.2. The Bertz CT molecular complexity index is 868. The first-order valence-electron chi connectivity index (χ1n) is 9.02. The Labute approximate surface area is 157 Å². The van der Waals surface area contributed by atoms with Crippen molar-refractivity contribution >= 4 is 11.6 Å². The lowest BCUT2D eigenvalue weighted by atomic mass is 10.2. The van der Waals surface area contributed by atoms with E-state index in [4.69, 9.17) is 9.47 Å². The molecule has 1 fully saturated rings. The fourth-order valence-corrected chi connectivity index (χ4v) is 3.00. The first-order chi connectivity index (χ1) is 13.3. The molecule has 2 aromatic carbocycles. The lowest BCUT2D eigenvalue weighted by molar-refractivity contribution is 0.0679. The molecule has 1 unspecified atom stereocenters. The van der Waals surface area contributed by atoms with E-state index in [1.807, 2.05) is 47.2 Å². The summed E-state index contributed by atoms with van der Waals surface area (Å²) < 4.78 is 13.2. The van der Waals surface area contributed by atoms with Gasteiger partial charge in [-0.05, 0) is 61.4 Å². The van der Waals surface area contributed by atoms with Gasteiger partial charge in [0.1, 0.15) is 12.4 Å². The molecule has 1 aliphatic rings. The van der Waals surface area contributed by atoms with Crippen molar-refractivity contribution in [2.75, 3.05) is 18.5 Å². The summed E-state index contributed by atoms with van der Waals surface area (Å²) in [5.41, 5.74) is 2.28. The van der Waals surface area contributed by atoms with Crippen LogP contribution in [-0.2, 0) is 4.74 Å². The number of carbonyl (C=O) groups is 1. The summed E-state index contributed by atoms with van der Waals surface area (Å²) >= 11 is 0. The predicted octanol–water partition coefficient (Wildman–Crippen LogP) is 3.68. The fraction of sp³-hybridized carbons (Fsp3) is 0.238. The van der Waals surface area contributed by atoms with Crippen molar-refractivity contribution in [1.29, 1.82) is 0 Å². The number of imidazole rings is 1. The zero-order valence-corrected chi connectivity index (χ0v) is 14.9. The van der Waals surface area contributed by atoms with Crippen molar-refractivity contribution in [3.63, 3.8) is 0 Å². The van der Waals surface area contributed by atoms with Gasteiger partial charge >= 0.3 is 0 Å². The van der Waals surface area contributed by atoms with Gasteiger partial charge in [0.15, 0.2) is 0 Å². The maximum Gasteiger partial charge on any atom is 0.255 e. The van der Waals surface area contributed by atoms with Crippen LogP contribution in [0, 0.1) is 0 Å². The molecule has 27 heavy (non-hydrogen) atoms. The Balaban J connectivity index is 1.33. The topological polar surface area (TPSA) is 65.4 Å². The molecule has 0 spiro atoms. The zero-order chi connectivity index (χ0) is 18.5. The first kappa shape index (κ1) is 17.3. The Morgan fingerprint density at radius 3 is 2.67 bits per heavy atom. The van der Waals surface area contributed by atoms with Crippen LogP contribution in [0.3, 0.4) is 0 Å². The van der Waals surface area contributed by atoms with Crippen LogP contribution in [-0.4, -0.2) is 34.8 Å². The summed E-state index contributed by atoms with van der Waals surface area (Å²) in [6.07, 6.45) is 7.63. The highest BCUT2D eigenvalue weighted by Gasteiger charge is 2.16. The molecule has 1 aliphatic heterocycles. The Hall–Kier alpha value is -3.12. The average Bonchev–Trinajstić information content (AvgIpc) is 3.42. The number of aromatic nitrogens is 2. The van der Waals surface area contributed by atoms with Crippen molar-refractivity contribution in [2.24, 2.45) is 0 Å². The maximum absolute atomic E-state index is 12.4. The fourth-order valence-electron chi connectivity index (χ4n) is 3.00. The smallest absolute Gasteiger partial charge is 0.255 e. The SMILES string of the molecule is O=C(Nc1ccc(OCC2CCCO2)cc1)c1ccc(-n2ccnc2)cc1. The molecule has 1 N–H and O–H groups in total. The molecule has 0 radical (unpaired) electrons. The molecular formula is C21H21N3O3. The standard InChI is InChI=1S/C21H21N3O3/c25-21(16-3-7-18(8-4-16)24-12-11-22-15-24)23-17-5-9-19(10-6-17)27-14-20-2-1-13-26-20/h3-12,15,20H,1-2,13-14H2,(H,23,25). The molecule has 138 valence electrons. The highest BCUT2D eigenvalue weighted by Crippen LogP contribution is 2.19. The number of hydrogen-bond donors (Lipinski definition) is 1. The van der Waals surface area contributed by atoms with Gasteiger partial charge in [-0.15, -0.1) is 0 Å². The van der Waals surface area contributed by atoms with Crippen molar-refractivity contribution in [1.82, 2.24) is 9.55 Å². The van der Waals surface area contributed by atoms with Gasteiger partial charge < -0.3 is 19.4 Å². The Kier molecular flexibility index (Phi) is 5.16. The summed E-state index contributed by atoms with van der Waals surface area (Å²) in [5.74, 6) is 0.619. The van der Waals surface area contributed by atoms with Crippen molar-refractivity contribution < 1.29 is 14.3 Å². The number of ether oxygens (including phenoxy) is 2.